The minimum Gasteiger partial charge on any atom is -0.472 e. The molecule has 0 amide bonds. The summed E-state index contributed by atoms with van der Waals surface area (Å²) >= 11 is 0. The number of Topliss-reactive ketones (excluding diaryl/α,β-unsaturated/α-hetero) is 1. The second-order valence-electron chi connectivity index (χ2n) is 12.0. The van der Waals surface area contributed by atoms with Crippen molar-refractivity contribution in [3.05, 3.63) is 48.0 Å². The van der Waals surface area contributed by atoms with Crippen molar-refractivity contribution in [2.24, 2.45) is 33.5 Å². The third-order valence-electron chi connectivity index (χ3n) is 10.2. The monoisotopic (exact) mass is 464 g/mol. The van der Waals surface area contributed by atoms with E-state index in [1.165, 1.54) is 6.92 Å². The topological polar surface area (TPSA) is 82.8 Å². The van der Waals surface area contributed by atoms with Gasteiger partial charge in [0.15, 0.2) is 11.6 Å². The van der Waals surface area contributed by atoms with Gasteiger partial charge < -0.3 is 13.9 Å². The summed E-state index contributed by atoms with van der Waals surface area (Å²) in [5.74, 6) is -1.000. The number of esters is 1. The molecule has 0 unspecified atom stereocenters. The summed E-state index contributed by atoms with van der Waals surface area (Å²) in [4.78, 5) is 40.5. The molecule has 2 saturated carbocycles. The van der Waals surface area contributed by atoms with Crippen molar-refractivity contribution >= 4 is 17.5 Å². The Kier molecular flexibility index (Phi) is 4.27. The van der Waals surface area contributed by atoms with Gasteiger partial charge >= 0.3 is 5.97 Å². The highest BCUT2D eigenvalue weighted by atomic mass is 16.5. The van der Waals surface area contributed by atoms with Gasteiger partial charge in [0.25, 0.3) is 0 Å². The van der Waals surface area contributed by atoms with Crippen molar-refractivity contribution in [2.75, 3.05) is 6.61 Å². The average Bonchev–Trinajstić information content (AvgIpc) is 3.47. The summed E-state index contributed by atoms with van der Waals surface area (Å²) in [7, 11) is 0. The standard InChI is InChI=1S/C28H32O6/c1-15(29)34-18-12-26(3)17(16-9-11-32-13-16)6-7-19(26)27(4)22(18)28(5)20(30)8-10-25(2)14-33-21(23(25)28)24(27)31/h7-11,13,17-18,21-23H,6,12,14H2,1-5H3/t17-,18-,21+,22-,23-,25+,26-,27-,28+/m0/s1. The van der Waals surface area contributed by atoms with Crippen molar-refractivity contribution in [3.63, 3.8) is 0 Å². The maximum absolute atomic E-state index is 14.4. The molecule has 0 radical (unpaired) electrons. The van der Waals surface area contributed by atoms with Gasteiger partial charge in [-0.1, -0.05) is 38.5 Å². The molecule has 3 fully saturated rings. The fraction of sp³-hybridized carbons (Fsp3) is 0.607. The van der Waals surface area contributed by atoms with E-state index in [0.717, 1.165) is 17.6 Å². The third kappa shape index (κ3) is 2.38. The first-order valence-corrected chi connectivity index (χ1v) is 12.3. The van der Waals surface area contributed by atoms with Gasteiger partial charge in [-0.3, -0.25) is 14.4 Å². The summed E-state index contributed by atoms with van der Waals surface area (Å²) in [6, 6.07) is 1.98. The van der Waals surface area contributed by atoms with Gasteiger partial charge in [0.05, 0.1) is 24.5 Å². The number of fused-ring (bicyclic) bond motifs is 4. The fourth-order valence-electron chi connectivity index (χ4n) is 9.04. The molecular weight excluding hydrogens is 432 g/mol. The number of hydrogen-bond donors (Lipinski definition) is 0. The van der Waals surface area contributed by atoms with E-state index in [2.05, 4.69) is 19.9 Å². The molecule has 2 heterocycles. The van der Waals surface area contributed by atoms with E-state index in [1.54, 1.807) is 18.6 Å². The predicted molar refractivity (Wildman–Crippen MR) is 123 cm³/mol. The van der Waals surface area contributed by atoms with E-state index in [0.29, 0.717) is 13.0 Å². The summed E-state index contributed by atoms with van der Waals surface area (Å²) < 4.78 is 17.6. The van der Waals surface area contributed by atoms with Crippen molar-refractivity contribution in [3.8, 4) is 0 Å². The minimum atomic E-state index is -0.979. The van der Waals surface area contributed by atoms with Gasteiger partial charge in [-0.15, -0.1) is 0 Å². The Morgan fingerprint density at radius 3 is 2.59 bits per heavy atom. The van der Waals surface area contributed by atoms with Gasteiger partial charge in [-0.05, 0) is 43.4 Å². The molecule has 180 valence electrons. The van der Waals surface area contributed by atoms with Crippen LogP contribution in [0.1, 0.15) is 58.9 Å². The van der Waals surface area contributed by atoms with Crippen LogP contribution in [0.4, 0.5) is 0 Å². The Bertz CT molecular complexity index is 1160. The molecule has 6 rings (SSSR count). The highest BCUT2D eigenvalue weighted by Gasteiger charge is 2.77. The summed E-state index contributed by atoms with van der Waals surface area (Å²) in [6.45, 7) is 10.0. The smallest absolute Gasteiger partial charge is 0.302 e. The number of ketones is 2. The Balaban J connectivity index is 1.58. The molecular formula is C28H32O6. The van der Waals surface area contributed by atoms with Gasteiger partial charge in [0, 0.05) is 35.0 Å². The fourth-order valence-corrected chi connectivity index (χ4v) is 9.04. The van der Waals surface area contributed by atoms with Crippen LogP contribution in [0.15, 0.2) is 46.8 Å². The SMILES string of the molecule is CC(=O)O[C@H]1C[C@]2(C)C(=CC[C@H]2c2ccoc2)[C@]2(C)C(=O)[C@@H]3OC[C@@]4(C)C=CC(=O)[C@@](C)([C@@H]34)[C@@H]12. The van der Waals surface area contributed by atoms with E-state index in [1.807, 2.05) is 26.0 Å². The van der Waals surface area contributed by atoms with Crippen LogP contribution in [-0.2, 0) is 23.9 Å². The Labute approximate surface area is 199 Å². The molecule has 34 heavy (non-hydrogen) atoms. The second-order valence-corrected chi connectivity index (χ2v) is 12.0. The van der Waals surface area contributed by atoms with Crippen LogP contribution >= 0.6 is 0 Å². The first-order chi connectivity index (χ1) is 16.0. The summed E-state index contributed by atoms with van der Waals surface area (Å²) in [5.41, 5.74) is -0.551. The van der Waals surface area contributed by atoms with Crippen LogP contribution in [-0.4, -0.2) is 36.4 Å². The molecule has 0 spiro atoms. The molecule has 0 N–H and O–H groups in total. The van der Waals surface area contributed by atoms with Crippen LogP contribution in [0.2, 0.25) is 0 Å². The zero-order valence-electron chi connectivity index (χ0n) is 20.4. The van der Waals surface area contributed by atoms with Crippen molar-refractivity contribution in [2.45, 2.75) is 65.6 Å². The first-order valence-electron chi connectivity index (χ1n) is 12.3. The summed E-state index contributed by atoms with van der Waals surface area (Å²) in [5, 5.41) is 0. The first kappa shape index (κ1) is 22.0. The molecule has 1 aromatic heterocycles. The number of ether oxygens (including phenoxy) is 2. The lowest BCUT2D eigenvalue weighted by Gasteiger charge is -2.64. The molecule has 6 nitrogen and oxygen atoms in total. The lowest BCUT2D eigenvalue weighted by molar-refractivity contribution is -0.197. The molecule has 4 aliphatic carbocycles. The third-order valence-corrected chi connectivity index (χ3v) is 10.2. The highest BCUT2D eigenvalue weighted by molar-refractivity contribution is 6.03. The van der Waals surface area contributed by atoms with Crippen LogP contribution < -0.4 is 0 Å². The predicted octanol–water partition coefficient (Wildman–Crippen LogP) is 4.41. The lowest BCUT2D eigenvalue weighted by atomic mass is 9.37. The second kappa shape index (κ2) is 6.60. The zero-order valence-corrected chi connectivity index (χ0v) is 20.4. The number of furan rings is 1. The molecule has 6 heteroatoms. The van der Waals surface area contributed by atoms with Crippen molar-refractivity contribution in [1.82, 2.24) is 0 Å². The number of allylic oxidation sites excluding steroid dienone is 3. The minimum absolute atomic E-state index is 0.0000587. The molecule has 5 aliphatic rings. The number of hydrogen-bond acceptors (Lipinski definition) is 6. The quantitative estimate of drug-likeness (QED) is 0.476. The average molecular weight is 465 g/mol. The maximum atomic E-state index is 14.4. The zero-order chi connectivity index (χ0) is 24.3. The maximum Gasteiger partial charge on any atom is 0.302 e. The Hall–Kier alpha value is -2.47. The molecule has 1 aliphatic heterocycles. The molecule has 1 saturated heterocycles. The molecule has 0 bridgehead atoms. The largest absolute Gasteiger partial charge is 0.472 e. The number of carbonyl (C=O) groups excluding carboxylic acids is 3. The Morgan fingerprint density at radius 1 is 1.15 bits per heavy atom. The Morgan fingerprint density at radius 2 is 1.91 bits per heavy atom. The van der Waals surface area contributed by atoms with Gasteiger partial charge in [0.2, 0.25) is 0 Å². The van der Waals surface area contributed by atoms with E-state index in [4.69, 9.17) is 13.9 Å². The van der Waals surface area contributed by atoms with Crippen LogP contribution in [0.25, 0.3) is 0 Å². The number of carbonyl (C=O) groups is 3. The van der Waals surface area contributed by atoms with E-state index in [9.17, 15) is 14.4 Å². The lowest BCUT2D eigenvalue weighted by Crippen LogP contribution is -2.71. The highest BCUT2D eigenvalue weighted by Crippen LogP contribution is 2.73. The van der Waals surface area contributed by atoms with E-state index in [-0.39, 0.29) is 29.4 Å². The number of rotatable bonds is 2. The van der Waals surface area contributed by atoms with Gasteiger partial charge in [0.1, 0.15) is 12.2 Å². The van der Waals surface area contributed by atoms with E-state index >= 15 is 0 Å². The van der Waals surface area contributed by atoms with Crippen LogP contribution in [0.3, 0.4) is 0 Å². The van der Waals surface area contributed by atoms with Crippen LogP contribution in [0.5, 0.6) is 0 Å². The van der Waals surface area contributed by atoms with E-state index < -0.39 is 39.8 Å². The van der Waals surface area contributed by atoms with Crippen molar-refractivity contribution in [1.29, 1.82) is 0 Å². The van der Waals surface area contributed by atoms with Gasteiger partial charge in [-0.2, -0.15) is 0 Å². The summed E-state index contributed by atoms with van der Waals surface area (Å²) in [6.07, 6.45) is 9.35. The molecule has 9 atom stereocenters. The van der Waals surface area contributed by atoms with Crippen molar-refractivity contribution < 1.29 is 28.3 Å². The molecule has 0 aromatic carbocycles. The van der Waals surface area contributed by atoms with Crippen LogP contribution in [0, 0.1) is 33.5 Å². The molecule has 1 aromatic rings. The van der Waals surface area contributed by atoms with Gasteiger partial charge in [-0.25, -0.2) is 0 Å². The normalized spacial score (nSPS) is 48.7.